The van der Waals surface area contributed by atoms with Gasteiger partial charge in [-0.1, -0.05) is 19.1 Å². The van der Waals surface area contributed by atoms with Gasteiger partial charge in [-0.3, -0.25) is 0 Å². The Labute approximate surface area is 174 Å². The molecule has 0 aliphatic rings. The molecule has 0 saturated heterocycles. The summed E-state index contributed by atoms with van der Waals surface area (Å²) in [5.74, 6) is 0.875. The smallest absolute Gasteiger partial charge is 0.119 e. The van der Waals surface area contributed by atoms with Crippen molar-refractivity contribution in [3.05, 3.63) is 54.1 Å². The maximum absolute atomic E-state index is 5.78. The third-order valence-electron chi connectivity index (χ3n) is 3.96. The number of rotatable bonds is 9. The lowest BCUT2D eigenvalue weighted by Gasteiger charge is -2.20. The Bertz CT molecular complexity index is 676. The Balaban J connectivity index is 0.00000364. The number of aryl methyl sites for hydroxylation is 1. The molecule has 0 amide bonds. The average molecular weight is 434 g/mol. The summed E-state index contributed by atoms with van der Waals surface area (Å²) in [7, 11) is 0. The van der Waals surface area contributed by atoms with Gasteiger partial charge in [0.05, 0.1) is 18.0 Å². The van der Waals surface area contributed by atoms with Gasteiger partial charge in [-0.15, -0.1) is 17.0 Å². The third kappa shape index (κ3) is 9.68. The van der Waals surface area contributed by atoms with Gasteiger partial charge in [-0.2, -0.15) is 10.2 Å². The lowest BCUT2D eigenvalue weighted by molar-refractivity contribution is 0.301. The average Bonchev–Trinajstić information content (AvgIpc) is 2.63. The minimum absolute atomic E-state index is 0. The number of halogens is 1. The Morgan fingerprint density at radius 3 is 1.93 bits per heavy atom. The number of ether oxygens (including phenoxy) is 1. The van der Waals surface area contributed by atoms with E-state index in [1.807, 2.05) is 36.4 Å². The predicted molar refractivity (Wildman–Crippen MR) is 119 cm³/mol. The van der Waals surface area contributed by atoms with Crippen LogP contribution < -0.4 is 10.1 Å². The van der Waals surface area contributed by atoms with Crippen molar-refractivity contribution in [1.82, 2.24) is 5.32 Å². The first kappa shape index (κ1) is 23.3. The van der Waals surface area contributed by atoms with E-state index in [1.54, 1.807) is 0 Å². The van der Waals surface area contributed by atoms with Crippen molar-refractivity contribution in [2.75, 3.05) is 13.2 Å². The van der Waals surface area contributed by atoms with E-state index >= 15 is 0 Å². The summed E-state index contributed by atoms with van der Waals surface area (Å²) < 4.78 is 5.78. The molecule has 2 aromatic carbocycles. The zero-order valence-corrected chi connectivity index (χ0v) is 18.6. The van der Waals surface area contributed by atoms with Crippen LogP contribution in [0.25, 0.3) is 0 Å². The number of benzene rings is 2. The molecule has 5 heteroatoms. The fraction of sp³-hybridized carbons (Fsp3) is 0.455. The number of nitrogens with one attached hydrogen (secondary N) is 1. The highest BCUT2D eigenvalue weighted by Crippen LogP contribution is 2.21. The third-order valence-corrected chi connectivity index (χ3v) is 3.96. The molecular formula is C22H32BrN3O. The SMILES string of the molecule is Br.CCc1ccc(N=Nc2ccc(OCCCCNC(C)(C)C)cc2)cc1. The van der Waals surface area contributed by atoms with Crippen LogP contribution in [0.2, 0.25) is 0 Å². The standard InChI is InChI=1S/C22H31N3O.BrH/c1-5-18-8-10-19(11-9-18)24-25-20-12-14-21(15-13-20)26-17-7-6-16-23-22(2,3)4;/h8-15,23H,5-7,16-17H2,1-4H3;1H. The van der Waals surface area contributed by atoms with Crippen molar-refractivity contribution in [2.45, 2.75) is 52.5 Å². The van der Waals surface area contributed by atoms with Gasteiger partial charge >= 0.3 is 0 Å². The highest BCUT2D eigenvalue weighted by molar-refractivity contribution is 8.93. The summed E-state index contributed by atoms with van der Waals surface area (Å²) in [6.07, 6.45) is 3.19. The minimum Gasteiger partial charge on any atom is -0.494 e. The Morgan fingerprint density at radius 2 is 1.41 bits per heavy atom. The molecule has 1 N–H and O–H groups in total. The van der Waals surface area contributed by atoms with E-state index in [1.165, 1.54) is 5.56 Å². The molecule has 0 radical (unpaired) electrons. The molecule has 0 saturated carbocycles. The number of nitrogens with zero attached hydrogens (tertiary/aromatic N) is 2. The summed E-state index contributed by atoms with van der Waals surface area (Å²) in [5, 5.41) is 12.0. The molecule has 27 heavy (non-hydrogen) atoms. The van der Waals surface area contributed by atoms with E-state index in [-0.39, 0.29) is 22.5 Å². The van der Waals surface area contributed by atoms with Crippen molar-refractivity contribution in [3.63, 3.8) is 0 Å². The largest absolute Gasteiger partial charge is 0.494 e. The van der Waals surface area contributed by atoms with Crippen LogP contribution in [-0.4, -0.2) is 18.7 Å². The molecule has 0 unspecified atom stereocenters. The van der Waals surface area contributed by atoms with Gasteiger partial charge in [0.1, 0.15) is 5.75 Å². The van der Waals surface area contributed by atoms with Gasteiger partial charge in [0.2, 0.25) is 0 Å². The van der Waals surface area contributed by atoms with Gasteiger partial charge in [0.25, 0.3) is 0 Å². The number of azo groups is 1. The highest BCUT2D eigenvalue weighted by Gasteiger charge is 2.06. The monoisotopic (exact) mass is 433 g/mol. The molecule has 148 valence electrons. The highest BCUT2D eigenvalue weighted by atomic mass is 79.9. The van der Waals surface area contributed by atoms with E-state index in [9.17, 15) is 0 Å². The van der Waals surface area contributed by atoms with Crippen LogP contribution >= 0.6 is 17.0 Å². The molecule has 0 atom stereocenters. The molecule has 2 rings (SSSR count). The zero-order chi connectivity index (χ0) is 18.8. The maximum atomic E-state index is 5.78. The van der Waals surface area contributed by atoms with Gasteiger partial charge in [-0.05, 0) is 88.5 Å². The van der Waals surface area contributed by atoms with Crippen molar-refractivity contribution < 1.29 is 4.74 Å². The van der Waals surface area contributed by atoms with Gasteiger partial charge in [-0.25, -0.2) is 0 Å². The summed E-state index contributed by atoms with van der Waals surface area (Å²) >= 11 is 0. The first-order valence-corrected chi connectivity index (χ1v) is 9.45. The quantitative estimate of drug-likeness (QED) is 0.349. The molecule has 2 aromatic rings. The summed E-state index contributed by atoms with van der Waals surface area (Å²) in [6, 6.07) is 15.9. The van der Waals surface area contributed by atoms with Crippen LogP contribution in [-0.2, 0) is 6.42 Å². The van der Waals surface area contributed by atoms with Crippen LogP contribution in [0.3, 0.4) is 0 Å². The number of unbranched alkanes of at least 4 members (excludes halogenated alkanes) is 1. The molecular weight excluding hydrogens is 402 g/mol. The second kappa shape index (κ2) is 11.9. The van der Waals surface area contributed by atoms with E-state index in [4.69, 9.17) is 4.74 Å². The maximum Gasteiger partial charge on any atom is 0.119 e. The lowest BCUT2D eigenvalue weighted by atomic mass is 10.1. The lowest BCUT2D eigenvalue weighted by Crippen LogP contribution is -2.36. The summed E-state index contributed by atoms with van der Waals surface area (Å²) in [5.41, 5.74) is 3.18. The van der Waals surface area contributed by atoms with Gasteiger partial charge in [0.15, 0.2) is 0 Å². The number of hydrogen-bond donors (Lipinski definition) is 1. The zero-order valence-electron chi connectivity index (χ0n) is 16.9. The molecule has 0 heterocycles. The van der Waals surface area contributed by atoms with E-state index in [0.717, 1.165) is 49.5 Å². The molecule has 4 nitrogen and oxygen atoms in total. The number of hydrogen-bond acceptors (Lipinski definition) is 4. The van der Waals surface area contributed by atoms with Crippen LogP contribution in [0.5, 0.6) is 5.75 Å². The van der Waals surface area contributed by atoms with Crippen molar-refractivity contribution in [3.8, 4) is 5.75 Å². The topological polar surface area (TPSA) is 46.0 Å². The summed E-state index contributed by atoms with van der Waals surface area (Å²) in [6.45, 7) is 10.4. The van der Waals surface area contributed by atoms with Crippen LogP contribution in [0, 0.1) is 0 Å². The fourth-order valence-corrected chi connectivity index (χ4v) is 2.40. The van der Waals surface area contributed by atoms with Crippen LogP contribution in [0.15, 0.2) is 58.8 Å². The Kier molecular flexibility index (Phi) is 10.3. The molecule has 0 fully saturated rings. The second-order valence-electron chi connectivity index (χ2n) is 7.45. The Morgan fingerprint density at radius 1 is 0.852 bits per heavy atom. The van der Waals surface area contributed by atoms with E-state index in [0.29, 0.717) is 0 Å². The van der Waals surface area contributed by atoms with Crippen molar-refractivity contribution in [1.29, 1.82) is 0 Å². The first-order chi connectivity index (χ1) is 12.5. The van der Waals surface area contributed by atoms with E-state index in [2.05, 4.69) is 55.4 Å². The molecule has 0 aromatic heterocycles. The van der Waals surface area contributed by atoms with Crippen LogP contribution in [0.4, 0.5) is 11.4 Å². The molecule has 0 bridgehead atoms. The van der Waals surface area contributed by atoms with Gasteiger partial charge in [0, 0.05) is 5.54 Å². The fourth-order valence-electron chi connectivity index (χ4n) is 2.40. The first-order valence-electron chi connectivity index (χ1n) is 9.45. The molecule has 0 spiro atoms. The second-order valence-corrected chi connectivity index (χ2v) is 7.45. The van der Waals surface area contributed by atoms with Crippen molar-refractivity contribution >= 4 is 28.4 Å². The van der Waals surface area contributed by atoms with Crippen molar-refractivity contribution in [2.24, 2.45) is 10.2 Å². The van der Waals surface area contributed by atoms with Crippen LogP contribution in [0.1, 0.15) is 46.1 Å². The van der Waals surface area contributed by atoms with Gasteiger partial charge < -0.3 is 10.1 Å². The minimum atomic E-state index is 0. The predicted octanol–water partition coefficient (Wildman–Crippen LogP) is 6.79. The Hall–Kier alpha value is -1.72. The molecule has 0 aliphatic carbocycles. The summed E-state index contributed by atoms with van der Waals surface area (Å²) in [4.78, 5) is 0. The van der Waals surface area contributed by atoms with E-state index < -0.39 is 0 Å². The normalized spacial score (nSPS) is 11.4. The molecule has 0 aliphatic heterocycles.